The number of nitrogens with one attached hydrogen (secondary N) is 1. The predicted octanol–water partition coefficient (Wildman–Crippen LogP) is 4.78. The first-order valence-electron chi connectivity index (χ1n) is 11.2. The van der Waals surface area contributed by atoms with Crippen LogP contribution in [0, 0.1) is 5.92 Å². The molecule has 0 bridgehead atoms. The molecule has 1 fully saturated rings. The lowest BCUT2D eigenvalue weighted by atomic mass is 9.85. The second-order valence-corrected chi connectivity index (χ2v) is 11.4. The minimum atomic E-state index is -3.19. The largest absolute Gasteiger partial charge is 0.343 e. The number of nitrogens with zero attached hydrogens (tertiary/aromatic N) is 2. The average Bonchev–Trinajstić information content (AvgIpc) is 3.39. The zero-order valence-corrected chi connectivity index (χ0v) is 19.6. The Morgan fingerprint density at radius 2 is 1.84 bits per heavy atom. The maximum atomic E-state index is 11.9. The van der Waals surface area contributed by atoms with Crippen molar-refractivity contribution in [3.05, 3.63) is 59.4 Å². The Morgan fingerprint density at radius 3 is 2.48 bits per heavy atom. The Hall–Kier alpha value is -2.18. The lowest BCUT2D eigenvalue weighted by Crippen LogP contribution is -2.15. The third-order valence-corrected chi connectivity index (χ3v) is 7.65. The summed E-state index contributed by atoms with van der Waals surface area (Å²) in [5.41, 5.74) is 4.51. The van der Waals surface area contributed by atoms with E-state index in [1.165, 1.54) is 48.8 Å². The molecule has 0 aliphatic heterocycles. The van der Waals surface area contributed by atoms with Crippen molar-refractivity contribution in [2.75, 3.05) is 26.9 Å². The highest BCUT2D eigenvalue weighted by atomic mass is 32.2. The summed E-state index contributed by atoms with van der Waals surface area (Å²) in [6.45, 7) is 1.00. The van der Waals surface area contributed by atoms with Gasteiger partial charge in [0.2, 0.25) is 0 Å². The molecule has 1 unspecified atom stereocenters. The third kappa shape index (κ3) is 5.36. The number of aromatic amines is 1. The fraction of sp³-hybridized carbons (Fsp3) is 0.480. The quantitative estimate of drug-likeness (QED) is 0.548. The molecule has 3 aromatic rings. The maximum Gasteiger partial charge on any atom is 0.175 e. The van der Waals surface area contributed by atoms with Crippen molar-refractivity contribution in [1.29, 1.82) is 0 Å². The summed E-state index contributed by atoms with van der Waals surface area (Å²) in [6.07, 6.45) is 10.5. The number of likely N-dealkylation sites (N-methyl/N-ethyl adjacent to an activating group) is 1. The molecule has 6 heteroatoms. The van der Waals surface area contributed by atoms with Crippen LogP contribution < -0.4 is 0 Å². The van der Waals surface area contributed by atoms with Gasteiger partial charge >= 0.3 is 0 Å². The van der Waals surface area contributed by atoms with Crippen LogP contribution in [-0.2, 0) is 16.3 Å². The molecule has 1 aliphatic carbocycles. The third-order valence-electron chi connectivity index (χ3n) is 6.53. The molecule has 31 heavy (non-hydrogen) atoms. The number of hydrogen-bond donors (Lipinski definition) is 1. The van der Waals surface area contributed by atoms with Crippen LogP contribution in [0.5, 0.6) is 0 Å². The first kappa shape index (κ1) is 22.0. The van der Waals surface area contributed by atoms with Crippen LogP contribution in [0.15, 0.2) is 47.5 Å². The van der Waals surface area contributed by atoms with Gasteiger partial charge in [0.05, 0.1) is 4.90 Å². The molecule has 2 aromatic heterocycles. The Kier molecular flexibility index (Phi) is 6.49. The van der Waals surface area contributed by atoms with Gasteiger partial charge in [-0.25, -0.2) is 13.4 Å². The van der Waals surface area contributed by atoms with E-state index in [4.69, 9.17) is 0 Å². The first-order valence-corrected chi connectivity index (χ1v) is 13.1. The summed E-state index contributed by atoms with van der Waals surface area (Å²) in [4.78, 5) is 10.8. The fourth-order valence-electron chi connectivity index (χ4n) is 4.73. The van der Waals surface area contributed by atoms with Crippen molar-refractivity contribution < 1.29 is 8.42 Å². The Morgan fingerprint density at radius 1 is 1.13 bits per heavy atom. The minimum Gasteiger partial charge on any atom is -0.343 e. The number of sulfone groups is 1. The van der Waals surface area contributed by atoms with Gasteiger partial charge in [-0.2, -0.15) is 0 Å². The van der Waals surface area contributed by atoms with E-state index in [9.17, 15) is 8.42 Å². The van der Waals surface area contributed by atoms with Crippen LogP contribution in [0.3, 0.4) is 0 Å². The van der Waals surface area contributed by atoms with Gasteiger partial charge in [-0.05, 0) is 68.2 Å². The molecule has 1 saturated carbocycles. The SMILES string of the molecule is CN(C)CCc1cnc2[nH]c(C(CC3CCCC3)c3ccc(S(C)(=O)=O)cc3)cc2c1. The maximum absolute atomic E-state index is 11.9. The van der Waals surface area contributed by atoms with E-state index >= 15 is 0 Å². The first-order chi connectivity index (χ1) is 14.8. The lowest BCUT2D eigenvalue weighted by Gasteiger charge is -2.20. The van der Waals surface area contributed by atoms with Gasteiger partial charge < -0.3 is 9.88 Å². The van der Waals surface area contributed by atoms with Gasteiger partial charge in [0.15, 0.2) is 9.84 Å². The Balaban J connectivity index is 1.66. The fourth-order valence-corrected chi connectivity index (χ4v) is 5.36. The van der Waals surface area contributed by atoms with Crippen molar-refractivity contribution in [3.63, 3.8) is 0 Å². The molecule has 4 rings (SSSR count). The summed E-state index contributed by atoms with van der Waals surface area (Å²) >= 11 is 0. The molecule has 1 atom stereocenters. The van der Waals surface area contributed by atoms with Crippen LogP contribution in [0.1, 0.15) is 54.8 Å². The van der Waals surface area contributed by atoms with E-state index in [1.54, 1.807) is 12.1 Å². The molecule has 1 aromatic carbocycles. The summed E-state index contributed by atoms with van der Waals surface area (Å²) in [5, 5.41) is 1.15. The monoisotopic (exact) mass is 439 g/mol. The van der Waals surface area contributed by atoms with Crippen LogP contribution >= 0.6 is 0 Å². The number of aromatic nitrogens is 2. The van der Waals surface area contributed by atoms with Crippen molar-refractivity contribution >= 4 is 20.9 Å². The average molecular weight is 440 g/mol. The highest BCUT2D eigenvalue weighted by Gasteiger charge is 2.24. The Bertz CT molecular complexity index is 1130. The highest BCUT2D eigenvalue weighted by Crippen LogP contribution is 2.38. The summed E-state index contributed by atoms with van der Waals surface area (Å²) in [6, 6.07) is 11.9. The zero-order chi connectivity index (χ0) is 22.0. The second kappa shape index (κ2) is 9.13. The number of pyridine rings is 1. The second-order valence-electron chi connectivity index (χ2n) is 9.34. The standard InChI is InChI=1S/C25H33N3O2S/c1-28(2)13-12-19-14-21-16-24(27-25(21)26-17-19)23(15-18-6-4-5-7-18)20-8-10-22(11-9-20)31(3,29)30/h8-11,14,16-18,23H,4-7,12-13,15H2,1-3H3,(H,26,27). The normalized spacial score (nSPS) is 16.4. The van der Waals surface area contributed by atoms with Crippen LogP contribution in [0.2, 0.25) is 0 Å². The van der Waals surface area contributed by atoms with Gasteiger partial charge in [-0.3, -0.25) is 0 Å². The molecule has 1 N–H and O–H groups in total. The molecule has 5 nitrogen and oxygen atoms in total. The van der Waals surface area contributed by atoms with Crippen LogP contribution in [0.4, 0.5) is 0 Å². The molecule has 0 radical (unpaired) electrons. The predicted molar refractivity (Wildman–Crippen MR) is 126 cm³/mol. The number of H-pyrrole nitrogens is 1. The smallest absolute Gasteiger partial charge is 0.175 e. The number of rotatable bonds is 8. The Labute approximate surface area is 185 Å². The molecule has 0 saturated heterocycles. The van der Waals surface area contributed by atoms with E-state index in [-0.39, 0.29) is 5.92 Å². The van der Waals surface area contributed by atoms with Gasteiger partial charge in [0.25, 0.3) is 0 Å². The van der Waals surface area contributed by atoms with Gasteiger partial charge in [-0.1, -0.05) is 37.8 Å². The van der Waals surface area contributed by atoms with Gasteiger partial charge in [0, 0.05) is 36.0 Å². The highest BCUT2D eigenvalue weighted by molar-refractivity contribution is 7.90. The van der Waals surface area contributed by atoms with Crippen molar-refractivity contribution in [3.8, 4) is 0 Å². The van der Waals surface area contributed by atoms with Gasteiger partial charge in [-0.15, -0.1) is 0 Å². The minimum absolute atomic E-state index is 0.219. The topological polar surface area (TPSA) is 66.1 Å². The van der Waals surface area contributed by atoms with Crippen molar-refractivity contribution in [2.45, 2.75) is 49.3 Å². The summed E-state index contributed by atoms with van der Waals surface area (Å²) in [7, 11) is 0.982. The van der Waals surface area contributed by atoms with Crippen molar-refractivity contribution in [1.82, 2.24) is 14.9 Å². The van der Waals surface area contributed by atoms with E-state index in [1.807, 2.05) is 18.3 Å². The van der Waals surface area contributed by atoms with Gasteiger partial charge in [0.1, 0.15) is 5.65 Å². The molecule has 0 spiro atoms. The molecule has 0 amide bonds. The summed E-state index contributed by atoms with van der Waals surface area (Å²) < 4.78 is 23.8. The van der Waals surface area contributed by atoms with E-state index in [0.29, 0.717) is 4.90 Å². The lowest BCUT2D eigenvalue weighted by molar-refractivity contribution is 0.413. The summed E-state index contributed by atoms with van der Waals surface area (Å²) in [5.74, 6) is 0.936. The molecular weight excluding hydrogens is 406 g/mol. The zero-order valence-electron chi connectivity index (χ0n) is 18.8. The molecule has 2 heterocycles. The van der Waals surface area contributed by atoms with E-state index < -0.39 is 9.84 Å². The van der Waals surface area contributed by atoms with E-state index in [2.05, 4.69) is 41.1 Å². The number of benzene rings is 1. The molecule has 1 aliphatic rings. The molecular formula is C25H33N3O2S. The number of fused-ring (bicyclic) bond motifs is 1. The number of hydrogen-bond acceptors (Lipinski definition) is 4. The van der Waals surface area contributed by atoms with Crippen LogP contribution in [-0.4, -0.2) is 50.2 Å². The molecule has 166 valence electrons. The van der Waals surface area contributed by atoms with E-state index in [0.717, 1.165) is 36.3 Å². The van der Waals surface area contributed by atoms with Crippen molar-refractivity contribution in [2.24, 2.45) is 5.92 Å². The van der Waals surface area contributed by atoms with Crippen LogP contribution in [0.25, 0.3) is 11.0 Å².